The number of fused-ring (bicyclic) bond motifs is 1. The zero-order valence-electron chi connectivity index (χ0n) is 15.3. The Morgan fingerprint density at radius 3 is 2.75 bits per heavy atom. The van der Waals surface area contributed by atoms with E-state index >= 15 is 0 Å². The summed E-state index contributed by atoms with van der Waals surface area (Å²) in [6.45, 7) is 1.92. The first-order chi connectivity index (χ1) is 13.6. The van der Waals surface area contributed by atoms with Crippen LogP contribution in [0.4, 0.5) is 5.69 Å². The number of carbonyl (C=O) groups is 1. The van der Waals surface area contributed by atoms with Gasteiger partial charge in [-0.2, -0.15) is 0 Å². The molecule has 2 aromatic carbocycles. The van der Waals surface area contributed by atoms with Crippen LogP contribution in [0, 0.1) is 6.92 Å². The van der Waals surface area contributed by atoms with E-state index in [1.165, 1.54) is 0 Å². The van der Waals surface area contributed by atoms with E-state index in [0.717, 1.165) is 27.0 Å². The van der Waals surface area contributed by atoms with Gasteiger partial charge in [-0.25, -0.2) is 4.98 Å². The Kier molecular flexibility index (Phi) is 5.03. The van der Waals surface area contributed by atoms with E-state index in [1.54, 1.807) is 30.6 Å². The van der Waals surface area contributed by atoms with Crippen molar-refractivity contribution in [2.75, 3.05) is 12.4 Å². The first-order valence-electron chi connectivity index (χ1n) is 8.66. The minimum atomic E-state index is -0.208. The van der Waals surface area contributed by atoms with Gasteiger partial charge < -0.3 is 10.1 Å². The van der Waals surface area contributed by atoms with E-state index in [-0.39, 0.29) is 5.91 Å². The molecule has 2 heterocycles. The number of halogens is 1. The van der Waals surface area contributed by atoms with Crippen molar-refractivity contribution in [1.29, 1.82) is 0 Å². The third-order valence-electron chi connectivity index (χ3n) is 4.51. The number of nitrogens with one attached hydrogen (secondary N) is 1. The van der Waals surface area contributed by atoms with Gasteiger partial charge in [-0.1, -0.05) is 29.8 Å². The highest BCUT2D eigenvalue weighted by Crippen LogP contribution is 2.32. The normalized spacial score (nSPS) is 10.8. The zero-order chi connectivity index (χ0) is 19.7. The van der Waals surface area contributed by atoms with Crippen LogP contribution in [0.25, 0.3) is 21.5 Å². The second-order valence-electron chi connectivity index (χ2n) is 6.29. The Morgan fingerprint density at radius 2 is 2.00 bits per heavy atom. The molecule has 0 aliphatic heterocycles. The van der Waals surface area contributed by atoms with Crippen molar-refractivity contribution in [2.45, 2.75) is 6.92 Å². The van der Waals surface area contributed by atoms with Crippen molar-refractivity contribution in [2.24, 2.45) is 0 Å². The summed E-state index contributed by atoms with van der Waals surface area (Å²) in [5.74, 6) is 0.472. The van der Waals surface area contributed by atoms with E-state index in [4.69, 9.17) is 21.3 Å². The monoisotopic (exact) mass is 408 g/mol. The predicted octanol–water partition coefficient (Wildman–Crippen LogP) is 6.19. The van der Waals surface area contributed by atoms with E-state index in [9.17, 15) is 4.79 Å². The van der Waals surface area contributed by atoms with Crippen molar-refractivity contribution < 1.29 is 9.53 Å². The molecule has 4 nitrogen and oxygen atoms in total. The number of anilines is 1. The summed E-state index contributed by atoms with van der Waals surface area (Å²) in [5.41, 5.74) is 3.56. The van der Waals surface area contributed by atoms with Crippen molar-refractivity contribution in [3.8, 4) is 16.3 Å². The van der Waals surface area contributed by atoms with Gasteiger partial charge in [-0.3, -0.25) is 4.79 Å². The lowest BCUT2D eigenvalue weighted by Gasteiger charge is -2.12. The van der Waals surface area contributed by atoms with Crippen LogP contribution in [-0.2, 0) is 0 Å². The number of amides is 1. The van der Waals surface area contributed by atoms with Gasteiger partial charge in [0.2, 0.25) is 0 Å². The van der Waals surface area contributed by atoms with E-state index < -0.39 is 0 Å². The largest absolute Gasteiger partial charge is 0.497 e. The number of aryl methyl sites for hydroxylation is 1. The number of pyridine rings is 1. The first-order valence-corrected chi connectivity index (χ1v) is 9.91. The van der Waals surface area contributed by atoms with Crippen LogP contribution in [0.15, 0.2) is 60.0 Å². The highest BCUT2D eigenvalue weighted by molar-refractivity contribution is 7.13. The maximum absolute atomic E-state index is 13.1. The average molecular weight is 409 g/mol. The molecule has 2 aromatic heterocycles. The Hall–Kier alpha value is -2.89. The molecule has 140 valence electrons. The summed E-state index contributed by atoms with van der Waals surface area (Å²) in [6, 6.07) is 16.7. The number of benzene rings is 2. The first kappa shape index (κ1) is 18.5. The molecule has 0 atom stereocenters. The van der Waals surface area contributed by atoms with E-state index in [0.29, 0.717) is 22.0 Å². The Bertz CT molecular complexity index is 1170. The quantitative estimate of drug-likeness (QED) is 0.438. The van der Waals surface area contributed by atoms with Crippen molar-refractivity contribution in [3.05, 3.63) is 76.1 Å². The van der Waals surface area contributed by atoms with Gasteiger partial charge in [0.15, 0.2) is 0 Å². The molecule has 4 rings (SSSR count). The maximum atomic E-state index is 13.1. The molecule has 0 aliphatic rings. The molecule has 1 amide bonds. The molecule has 6 heteroatoms. The molecule has 0 saturated carbocycles. The molecule has 4 aromatic rings. The van der Waals surface area contributed by atoms with Gasteiger partial charge in [0, 0.05) is 22.2 Å². The van der Waals surface area contributed by atoms with E-state index in [1.807, 2.05) is 54.8 Å². The number of aromatic nitrogens is 1. The molecule has 0 saturated heterocycles. The van der Waals surface area contributed by atoms with Crippen LogP contribution >= 0.6 is 22.9 Å². The molecule has 0 radical (unpaired) electrons. The van der Waals surface area contributed by atoms with Crippen molar-refractivity contribution in [1.82, 2.24) is 4.98 Å². The molecule has 1 N–H and O–H groups in total. The fraction of sp³-hybridized carbons (Fsp3) is 0.0909. The zero-order valence-corrected chi connectivity index (χ0v) is 16.9. The molecule has 0 aliphatic carbocycles. The van der Waals surface area contributed by atoms with Gasteiger partial charge in [0.05, 0.1) is 28.8 Å². The van der Waals surface area contributed by atoms with Crippen molar-refractivity contribution in [3.63, 3.8) is 0 Å². The Balaban J connectivity index is 1.84. The Morgan fingerprint density at radius 1 is 1.14 bits per heavy atom. The smallest absolute Gasteiger partial charge is 0.256 e. The number of ether oxygens (including phenoxy) is 1. The highest BCUT2D eigenvalue weighted by Gasteiger charge is 2.17. The third kappa shape index (κ3) is 3.46. The summed E-state index contributed by atoms with van der Waals surface area (Å²) in [6.07, 6.45) is 0. The molecule has 28 heavy (non-hydrogen) atoms. The summed E-state index contributed by atoms with van der Waals surface area (Å²) in [5, 5.41) is 6.34. The van der Waals surface area contributed by atoms with Crippen LogP contribution in [0.5, 0.6) is 5.75 Å². The van der Waals surface area contributed by atoms with Crippen LogP contribution in [0.1, 0.15) is 15.9 Å². The predicted molar refractivity (Wildman–Crippen MR) is 116 cm³/mol. The number of hydrogen-bond acceptors (Lipinski definition) is 4. The molecular weight excluding hydrogens is 392 g/mol. The SMILES string of the molecule is COc1cccc(NC(=O)c2cc(-c3cccs3)nc3c(C)c(Cl)ccc23)c1. The van der Waals surface area contributed by atoms with Gasteiger partial charge in [0.25, 0.3) is 5.91 Å². The van der Waals surface area contributed by atoms with Gasteiger partial charge in [-0.15, -0.1) is 11.3 Å². The van der Waals surface area contributed by atoms with E-state index in [2.05, 4.69) is 5.32 Å². The molecule has 0 bridgehead atoms. The second-order valence-corrected chi connectivity index (χ2v) is 7.64. The lowest BCUT2D eigenvalue weighted by atomic mass is 10.0. The third-order valence-corrected chi connectivity index (χ3v) is 5.82. The van der Waals surface area contributed by atoms with Crippen LogP contribution < -0.4 is 10.1 Å². The van der Waals surface area contributed by atoms with Gasteiger partial charge in [-0.05, 0) is 48.2 Å². The lowest BCUT2D eigenvalue weighted by Crippen LogP contribution is -2.13. The molecule has 0 spiro atoms. The minimum absolute atomic E-state index is 0.208. The maximum Gasteiger partial charge on any atom is 0.256 e. The highest BCUT2D eigenvalue weighted by atomic mass is 35.5. The Labute approximate surface area is 171 Å². The van der Waals surface area contributed by atoms with Gasteiger partial charge in [0.1, 0.15) is 5.75 Å². The number of methoxy groups -OCH3 is 1. The van der Waals surface area contributed by atoms with Gasteiger partial charge >= 0.3 is 0 Å². The van der Waals surface area contributed by atoms with Crippen molar-refractivity contribution >= 4 is 45.4 Å². The minimum Gasteiger partial charge on any atom is -0.497 e. The van der Waals surface area contributed by atoms with Crippen LogP contribution in [0.2, 0.25) is 5.02 Å². The second kappa shape index (κ2) is 7.62. The molecular formula is C22H17ClN2O2S. The molecule has 0 unspecified atom stereocenters. The average Bonchev–Trinajstić information content (AvgIpc) is 3.25. The number of thiophene rings is 1. The standard InChI is InChI=1S/C22H17ClN2O2S/c1-13-18(23)9-8-16-17(12-19(25-21(13)16)20-7-4-10-28-20)22(26)24-14-5-3-6-15(11-14)27-2/h3-12H,1-2H3,(H,24,26). The number of hydrogen-bond donors (Lipinski definition) is 1. The topological polar surface area (TPSA) is 51.2 Å². The lowest BCUT2D eigenvalue weighted by molar-refractivity contribution is 0.102. The number of rotatable bonds is 4. The number of carbonyl (C=O) groups excluding carboxylic acids is 1. The summed E-state index contributed by atoms with van der Waals surface area (Å²) in [4.78, 5) is 18.9. The van der Waals surface area contributed by atoms with Crippen LogP contribution in [0.3, 0.4) is 0 Å². The molecule has 0 fully saturated rings. The van der Waals surface area contributed by atoms with Crippen LogP contribution in [-0.4, -0.2) is 18.0 Å². The summed E-state index contributed by atoms with van der Waals surface area (Å²) >= 11 is 7.89. The summed E-state index contributed by atoms with van der Waals surface area (Å²) in [7, 11) is 1.59. The summed E-state index contributed by atoms with van der Waals surface area (Å²) < 4.78 is 5.23. The fourth-order valence-corrected chi connectivity index (χ4v) is 3.88. The fourth-order valence-electron chi connectivity index (χ4n) is 3.04. The number of nitrogens with zero attached hydrogens (tertiary/aromatic N) is 1.